The molecule has 2 rings (SSSR count). The minimum Gasteiger partial charge on any atom is -0.296 e. The molecule has 1 saturated heterocycles. The summed E-state index contributed by atoms with van der Waals surface area (Å²) in [5.41, 5.74) is 1.18. The minimum absolute atomic E-state index is 0.185. The Labute approximate surface area is 105 Å². The summed E-state index contributed by atoms with van der Waals surface area (Å²) in [4.78, 5) is 2.48. The van der Waals surface area contributed by atoms with Gasteiger partial charge in [0.1, 0.15) is 5.82 Å². The molecule has 0 N–H and O–H groups in total. The van der Waals surface area contributed by atoms with E-state index >= 15 is 0 Å². The lowest BCUT2D eigenvalue weighted by atomic mass is 10.0. The number of halogens is 2. The van der Waals surface area contributed by atoms with Crippen molar-refractivity contribution in [2.45, 2.75) is 38.8 Å². The summed E-state index contributed by atoms with van der Waals surface area (Å²) in [6.45, 7) is 4.37. The molecule has 0 saturated carbocycles. The van der Waals surface area contributed by atoms with Crippen LogP contribution in [0.5, 0.6) is 0 Å². The first-order valence-corrected chi connectivity index (χ1v) is 6.64. The van der Waals surface area contributed by atoms with E-state index in [-0.39, 0.29) is 5.82 Å². The molecule has 0 radical (unpaired) electrons. The second-order valence-corrected chi connectivity index (χ2v) is 5.42. The predicted molar refractivity (Wildman–Crippen MR) is 67.8 cm³/mol. The van der Waals surface area contributed by atoms with Gasteiger partial charge in [-0.05, 0) is 59.9 Å². The normalized spacial score (nSPS) is 22.3. The molecule has 16 heavy (non-hydrogen) atoms. The van der Waals surface area contributed by atoms with Crippen LogP contribution in [0.1, 0.15) is 31.7 Å². The fourth-order valence-electron chi connectivity index (χ4n) is 2.26. The zero-order valence-electron chi connectivity index (χ0n) is 9.55. The van der Waals surface area contributed by atoms with Gasteiger partial charge in [-0.15, -0.1) is 0 Å². The molecule has 1 atom stereocenters. The third-order valence-electron chi connectivity index (χ3n) is 3.31. The molecule has 0 bridgehead atoms. The average molecular weight is 286 g/mol. The second kappa shape index (κ2) is 5.28. The van der Waals surface area contributed by atoms with Crippen LogP contribution >= 0.6 is 15.9 Å². The van der Waals surface area contributed by atoms with Crippen molar-refractivity contribution >= 4 is 15.9 Å². The Morgan fingerprint density at radius 3 is 2.94 bits per heavy atom. The van der Waals surface area contributed by atoms with Crippen molar-refractivity contribution in [2.24, 2.45) is 0 Å². The summed E-state index contributed by atoms with van der Waals surface area (Å²) < 4.78 is 13.7. The first kappa shape index (κ1) is 12.1. The summed E-state index contributed by atoms with van der Waals surface area (Å²) in [7, 11) is 0. The molecule has 1 nitrogen and oxygen atoms in total. The van der Waals surface area contributed by atoms with E-state index in [4.69, 9.17) is 0 Å². The maximum atomic E-state index is 13.1. The van der Waals surface area contributed by atoms with Gasteiger partial charge in [0.25, 0.3) is 0 Å². The number of benzene rings is 1. The summed E-state index contributed by atoms with van der Waals surface area (Å²) in [5.74, 6) is -0.185. The Kier molecular flexibility index (Phi) is 3.98. The standard InChI is InChI=1S/C13H17BrFN/c1-10-4-2-3-7-16(10)9-11-5-6-13(15)12(14)8-11/h5-6,8,10H,2-4,7,9H2,1H3. The quantitative estimate of drug-likeness (QED) is 0.795. The third-order valence-corrected chi connectivity index (χ3v) is 3.92. The lowest BCUT2D eigenvalue weighted by Crippen LogP contribution is -2.36. The summed E-state index contributed by atoms with van der Waals surface area (Å²) in [6, 6.07) is 5.95. The first-order chi connectivity index (χ1) is 7.66. The van der Waals surface area contributed by atoms with Gasteiger partial charge in [0.05, 0.1) is 4.47 Å². The highest BCUT2D eigenvalue weighted by atomic mass is 79.9. The number of nitrogens with zero attached hydrogens (tertiary/aromatic N) is 1. The van der Waals surface area contributed by atoms with Gasteiger partial charge in [0.15, 0.2) is 0 Å². The Bertz CT molecular complexity index is 367. The third kappa shape index (κ3) is 2.83. The smallest absolute Gasteiger partial charge is 0.137 e. The monoisotopic (exact) mass is 285 g/mol. The SMILES string of the molecule is CC1CCCCN1Cc1ccc(F)c(Br)c1. The van der Waals surface area contributed by atoms with Crippen LogP contribution in [0.4, 0.5) is 4.39 Å². The molecular formula is C13H17BrFN. The molecule has 1 aromatic carbocycles. The lowest BCUT2D eigenvalue weighted by Gasteiger charge is -2.33. The van der Waals surface area contributed by atoms with Crippen molar-refractivity contribution in [1.82, 2.24) is 4.90 Å². The summed E-state index contributed by atoms with van der Waals surface area (Å²) >= 11 is 3.23. The molecule has 0 aromatic heterocycles. The van der Waals surface area contributed by atoms with Gasteiger partial charge in [-0.1, -0.05) is 12.5 Å². The molecule has 3 heteroatoms. The number of hydrogen-bond donors (Lipinski definition) is 0. The van der Waals surface area contributed by atoms with Crippen LogP contribution in [0.25, 0.3) is 0 Å². The summed E-state index contributed by atoms with van der Waals surface area (Å²) in [6.07, 6.45) is 3.90. The van der Waals surface area contributed by atoms with Crippen LogP contribution in [0.2, 0.25) is 0 Å². The van der Waals surface area contributed by atoms with E-state index in [0.29, 0.717) is 10.5 Å². The van der Waals surface area contributed by atoms with E-state index in [1.165, 1.54) is 30.9 Å². The van der Waals surface area contributed by atoms with E-state index in [1.807, 2.05) is 12.1 Å². The maximum absolute atomic E-state index is 13.1. The van der Waals surface area contributed by atoms with Crippen LogP contribution in [0.15, 0.2) is 22.7 Å². The van der Waals surface area contributed by atoms with E-state index in [1.54, 1.807) is 0 Å². The Morgan fingerprint density at radius 1 is 1.44 bits per heavy atom. The number of likely N-dealkylation sites (tertiary alicyclic amines) is 1. The van der Waals surface area contributed by atoms with Crippen LogP contribution in [-0.2, 0) is 6.54 Å². The van der Waals surface area contributed by atoms with Crippen LogP contribution in [-0.4, -0.2) is 17.5 Å². The molecule has 1 aliphatic heterocycles. The minimum atomic E-state index is -0.185. The zero-order chi connectivity index (χ0) is 11.5. The van der Waals surface area contributed by atoms with E-state index in [9.17, 15) is 4.39 Å². The first-order valence-electron chi connectivity index (χ1n) is 5.85. The zero-order valence-corrected chi connectivity index (χ0v) is 11.1. The van der Waals surface area contributed by atoms with Gasteiger partial charge >= 0.3 is 0 Å². The van der Waals surface area contributed by atoms with E-state index in [0.717, 1.165) is 13.1 Å². The molecular weight excluding hydrogens is 269 g/mol. The van der Waals surface area contributed by atoms with Crippen molar-refractivity contribution in [3.8, 4) is 0 Å². The predicted octanol–water partition coefficient (Wildman–Crippen LogP) is 3.96. The van der Waals surface area contributed by atoms with Gasteiger partial charge in [0.2, 0.25) is 0 Å². The molecule has 1 heterocycles. The molecule has 1 unspecified atom stereocenters. The molecule has 0 spiro atoms. The Morgan fingerprint density at radius 2 is 2.25 bits per heavy atom. The van der Waals surface area contributed by atoms with Gasteiger partial charge < -0.3 is 0 Å². The van der Waals surface area contributed by atoms with Gasteiger partial charge in [-0.25, -0.2) is 4.39 Å². The van der Waals surface area contributed by atoms with Crippen LogP contribution in [0, 0.1) is 5.82 Å². The highest BCUT2D eigenvalue weighted by Gasteiger charge is 2.18. The molecule has 1 aromatic rings. The molecule has 0 aliphatic carbocycles. The summed E-state index contributed by atoms with van der Waals surface area (Å²) in [5, 5.41) is 0. The van der Waals surface area contributed by atoms with Crippen molar-refractivity contribution < 1.29 is 4.39 Å². The molecule has 0 amide bonds. The fraction of sp³-hybridized carbons (Fsp3) is 0.538. The maximum Gasteiger partial charge on any atom is 0.137 e. The van der Waals surface area contributed by atoms with Crippen molar-refractivity contribution in [1.29, 1.82) is 0 Å². The highest BCUT2D eigenvalue weighted by Crippen LogP contribution is 2.22. The topological polar surface area (TPSA) is 3.24 Å². The van der Waals surface area contributed by atoms with E-state index in [2.05, 4.69) is 27.8 Å². The lowest BCUT2D eigenvalue weighted by molar-refractivity contribution is 0.152. The van der Waals surface area contributed by atoms with Crippen molar-refractivity contribution in [3.05, 3.63) is 34.1 Å². The van der Waals surface area contributed by atoms with Gasteiger partial charge in [0, 0.05) is 12.6 Å². The molecule has 1 fully saturated rings. The van der Waals surface area contributed by atoms with Crippen molar-refractivity contribution in [2.75, 3.05) is 6.54 Å². The molecule has 1 aliphatic rings. The van der Waals surface area contributed by atoms with E-state index < -0.39 is 0 Å². The Hall–Kier alpha value is -0.410. The van der Waals surface area contributed by atoms with Crippen LogP contribution in [0.3, 0.4) is 0 Å². The van der Waals surface area contributed by atoms with Gasteiger partial charge in [-0.2, -0.15) is 0 Å². The fourth-order valence-corrected chi connectivity index (χ4v) is 2.69. The number of piperidine rings is 1. The van der Waals surface area contributed by atoms with Crippen LogP contribution < -0.4 is 0 Å². The average Bonchev–Trinajstić information content (AvgIpc) is 2.27. The second-order valence-electron chi connectivity index (χ2n) is 4.56. The number of rotatable bonds is 2. The Balaban J connectivity index is 2.05. The number of hydrogen-bond acceptors (Lipinski definition) is 1. The largest absolute Gasteiger partial charge is 0.296 e. The van der Waals surface area contributed by atoms with Gasteiger partial charge in [-0.3, -0.25) is 4.90 Å². The highest BCUT2D eigenvalue weighted by molar-refractivity contribution is 9.10. The molecule has 88 valence electrons. The van der Waals surface area contributed by atoms with Crippen molar-refractivity contribution in [3.63, 3.8) is 0 Å².